The number of imidazole rings is 1. The summed E-state index contributed by atoms with van der Waals surface area (Å²) >= 11 is 0. The number of nitrogens with one attached hydrogen (secondary N) is 1. The second-order valence-electron chi connectivity index (χ2n) is 8.10. The highest BCUT2D eigenvalue weighted by molar-refractivity contribution is 5.80. The van der Waals surface area contributed by atoms with Crippen molar-refractivity contribution in [1.29, 1.82) is 0 Å². The summed E-state index contributed by atoms with van der Waals surface area (Å²) in [5, 5.41) is 3.54. The topological polar surface area (TPSA) is 45.5 Å². The van der Waals surface area contributed by atoms with Gasteiger partial charge in [-0.25, -0.2) is 4.98 Å². The van der Waals surface area contributed by atoms with Crippen LogP contribution in [0, 0.1) is 17.3 Å². The Kier molecular flexibility index (Phi) is 4.27. The first-order valence-corrected chi connectivity index (χ1v) is 9.72. The van der Waals surface area contributed by atoms with Gasteiger partial charge in [-0.05, 0) is 56.3 Å². The number of aliphatic imine (C=N–C) groups is 1. The minimum absolute atomic E-state index is 0.489. The lowest BCUT2D eigenvalue weighted by Crippen LogP contribution is -2.49. The number of rotatable bonds is 5. The molecule has 0 aromatic carbocycles. The van der Waals surface area contributed by atoms with Crippen LogP contribution in [0.5, 0.6) is 0 Å². The first-order valence-electron chi connectivity index (χ1n) is 9.72. The molecule has 1 saturated heterocycles. The Morgan fingerprint density at radius 2 is 2.17 bits per heavy atom. The second kappa shape index (κ2) is 6.41. The first-order chi connectivity index (χ1) is 11.7. The van der Waals surface area contributed by atoms with Gasteiger partial charge >= 0.3 is 0 Å². The average molecular weight is 329 g/mol. The molecule has 5 heteroatoms. The van der Waals surface area contributed by atoms with Crippen molar-refractivity contribution in [3.05, 3.63) is 18.7 Å². The van der Waals surface area contributed by atoms with Crippen LogP contribution in [0.15, 0.2) is 23.7 Å². The van der Waals surface area contributed by atoms with E-state index in [2.05, 4.69) is 39.8 Å². The van der Waals surface area contributed by atoms with Crippen LogP contribution in [0.3, 0.4) is 0 Å². The summed E-state index contributed by atoms with van der Waals surface area (Å²) in [6.07, 6.45) is 12.8. The van der Waals surface area contributed by atoms with Crippen LogP contribution in [0.25, 0.3) is 0 Å². The van der Waals surface area contributed by atoms with E-state index in [1.807, 2.05) is 12.5 Å². The summed E-state index contributed by atoms with van der Waals surface area (Å²) < 4.78 is 2.27. The first kappa shape index (κ1) is 16.0. The molecule has 2 heterocycles. The van der Waals surface area contributed by atoms with Crippen molar-refractivity contribution in [2.24, 2.45) is 22.2 Å². The van der Waals surface area contributed by atoms with Gasteiger partial charge in [0.15, 0.2) is 5.96 Å². The van der Waals surface area contributed by atoms with Crippen LogP contribution in [0.4, 0.5) is 0 Å². The Hall–Kier alpha value is -1.52. The molecule has 2 unspecified atom stereocenters. The smallest absolute Gasteiger partial charge is 0.194 e. The van der Waals surface area contributed by atoms with E-state index in [0.29, 0.717) is 17.4 Å². The van der Waals surface area contributed by atoms with Crippen LogP contribution in [0.2, 0.25) is 0 Å². The summed E-state index contributed by atoms with van der Waals surface area (Å²) in [5.74, 6) is 2.78. The zero-order valence-corrected chi connectivity index (χ0v) is 15.1. The van der Waals surface area contributed by atoms with Gasteiger partial charge in [0.1, 0.15) is 0 Å². The fourth-order valence-electron chi connectivity index (χ4n) is 4.30. The Labute approximate surface area is 145 Å². The molecular weight excluding hydrogens is 298 g/mol. The van der Waals surface area contributed by atoms with Crippen molar-refractivity contribution in [2.75, 3.05) is 26.2 Å². The molecule has 1 aromatic heterocycles. The lowest BCUT2D eigenvalue weighted by molar-refractivity contribution is 0.188. The van der Waals surface area contributed by atoms with Gasteiger partial charge in [-0.2, -0.15) is 0 Å². The Balaban J connectivity index is 1.46. The zero-order chi connectivity index (χ0) is 16.6. The quantitative estimate of drug-likeness (QED) is 0.667. The van der Waals surface area contributed by atoms with Crippen LogP contribution in [0.1, 0.15) is 52.0 Å². The van der Waals surface area contributed by atoms with Gasteiger partial charge < -0.3 is 14.8 Å². The highest BCUT2D eigenvalue weighted by atomic mass is 15.3. The van der Waals surface area contributed by atoms with Crippen LogP contribution in [-0.2, 0) is 0 Å². The minimum Gasteiger partial charge on any atom is -0.357 e. The van der Waals surface area contributed by atoms with Crippen molar-refractivity contribution < 1.29 is 0 Å². The molecule has 0 amide bonds. The molecule has 1 aromatic rings. The molecule has 3 fully saturated rings. The van der Waals surface area contributed by atoms with Crippen molar-refractivity contribution in [2.45, 2.75) is 52.0 Å². The van der Waals surface area contributed by atoms with E-state index < -0.39 is 0 Å². The van der Waals surface area contributed by atoms with Crippen molar-refractivity contribution in [1.82, 2.24) is 19.8 Å². The predicted molar refractivity (Wildman–Crippen MR) is 97.0 cm³/mol. The van der Waals surface area contributed by atoms with Crippen LogP contribution >= 0.6 is 0 Å². The average Bonchev–Trinajstić information content (AvgIpc) is 3.51. The number of likely N-dealkylation sites (tertiary alicyclic amines) is 1. The molecule has 1 aliphatic heterocycles. The molecule has 0 radical (unpaired) electrons. The third kappa shape index (κ3) is 3.17. The number of nitrogens with zero attached hydrogens (tertiary/aromatic N) is 4. The molecule has 2 atom stereocenters. The molecule has 5 nitrogen and oxygen atoms in total. The van der Waals surface area contributed by atoms with Gasteiger partial charge in [-0.15, -0.1) is 0 Å². The second-order valence-corrected chi connectivity index (χ2v) is 8.10. The number of hydrogen-bond donors (Lipinski definition) is 1. The molecule has 0 spiro atoms. The molecule has 0 bridgehead atoms. The molecular formula is C19H31N5. The van der Waals surface area contributed by atoms with E-state index >= 15 is 0 Å². The molecule has 1 N–H and O–H groups in total. The predicted octanol–water partition coefficient (Wildman–Crippen LogP) is 2.92. The third-order valence-corrected chi connectivity index (χ3v) is 6.34. The standard InChI is InChI=1S/C19H31N5/c1-3-21-18(22-13-19(7-8-19)16-4-5-16)23-10-6-15(2)17(12-23)24-11-9-20-14-24/h9,11,14-17H,3-8,10,12-13H2,1-2H3,(H,21,22). The summed E-state index contributed by atoms with van der Waals surface area (Å²) in [6, 6.07) is 0.489. The number of piperidine rings is 1. The lowest BCUT2D eigenvalue weighted by atomic mass is 9.93. The van der Waals surface area contributed by atoms with Gasteiger partial charge in [-0.3, -0.25) is 4.99 Å². The van der Waals surface area contributed by atoms with Crippen molar-refractivity contribution in [3.63, 3.8) is 0 Å². The van der Waals surface area contributed by atoms with Crippen LogP contribution < -0.4 is 5.32 Å². The molecule has 4 rings (SSSR count). The maximum Gasteiger partial charge on any atom is 0.194 e. The molecule has 132 valence electrons. The molecule has 3 aliphatic rings. The van der Waals surface area contributed by atoms with Gasteiger partial charge in [0.05, 0.1) is 12.4 Å². The minimum atomic E-state index is 0.489. The van der Waals surface area contributed by atoms with Gasteiger partial charge in [0.25, 0.3) is 0 Å². The van der Waals surface area contributed by atoms with E-state index in [0.717, 1.165) is 38.1 Å². The van der Waals surface area contributed by atoms with Gasteiger partial charge in [0, 0.05) is 38.6 Å². The van der Waals surface area contributed by atoms with E-state index in [-0.39, 0.29) is 0 Å². The molecule has 2 aliphatic carbocycles. The van der Waals surface area contributed by atoms with E-state index in [1.54, 1.807) is 0 Å². The summed E-state index contributed by atoms with van der Waals surface area (Å²) in [7, 11) is 0. The maximum absolute atomic E-state index is 5.08. The fraction of sp³-hybridized carbons (Fsp3) is 0.789. The van der Waals surface area contributed by atoms with E-state index in [1.165, 1.54) is 32.1 Å². The maximum atomic E-state index is 5.08. The number of aromatic nitrogens is 2. The monoisotopic (exact) mass is 329 g/mol. The van der Waals surface area contributed by atoms with Crippen molar-refractivity contribution >= 4 is 5.96 Å². The number of hydrogen-bond acceptors (Lipinski definition) is 2. The largest absolute Gasteiger partial charge is 0.357 e. The number of guanidine groups is 1. The highest BCUT2D eigenvalue weighted by Gasteiger charge is 2.53. The van der Waals surface area contributed by atoms with E-state index in [9.17, 15) is 0 Å². The summed E-state index contributed by atoms with van der Waals surface area (Å²) in [5.41, 5.74) is 0.577. The molecule has 2 saturated carbocycles. The zero-order valence-electron chi connectivity index (χ0n) is 15.1. The Bertz CT molecular complexity index is 571. The Morgan fingerprint density at radius 1 is 1.33 bits per heavy atom. The molecule has 24 heavy (non-hydrogen) atoms. The lowest BCUT2D eigenvalue weighted by Gasteiger charge is -2.39. The fourth-order valence-corrected chi connectivity index (χ4v) is 4.30. The van der Waals surface area contributed by atoms with Crippen molar-refractivity contribution in [3.8, 4) is 0 Å². The normalized spacial score (nSPS) is 29.6. The highest BCUT2D eigenvalue weighted by Crippen LogP contribution is 2.61. The third-order valence-electron chi connectivity index (χ3n) is 6.34. The van der Waals surface area contributed by atoms with Gasteiger partial charge in [0.2, 0.25) is 0 Å². The Morgan fingerprint density at radius 3 is 2.79 bits per heavy atom. The van der Waals surface area contributed by atoms with E-state index in [4.69, 9.17) is 4.99 Å². The van der Waals surface area contributed by atoms with Gasteiger partial charge in [-0.1, -0.05) is 6.92 Å². The summed E-state index contributed by atoms with van der Waals surface area (Å²) in [4.78, 5) is 11.8. The van der Waals surface area contributed by atoms with Crippen LogP contribution in [-0.4, -0.2) is 46.6 Å². The summed E-state index contributed by atoms with van der Waals surface area (Å²) in [6.45, 7) is 8.63. The SMILES string of the molecule is CCNC(=NCC1(C2CC2)CC1)N1CCC(C)C(n2ccnc2)C1.